The quantitative estimate of drug-likeness (QED) is 0.326. The number of aryl methyl sites for hydroxylation is 1. The predicted molar refractivity (Wildman–Crippen MR) is 172 cm³/mol. The molecule has 0 bridgehead atoms. The Morgan fingerprint density at radius 1 is 0.884 bits per heavy atom. The molecule has 1 aromatic rings. The van der Waals surface area contributed by atoms with Crippen LogP contribution in [0.15, 0.2) is 42.5 Å². The number of carboxylic acids is 2. The number of carboxylic acid groups (broad SMARTS) is 2. The number of hydrogen-bond donors (Lipinski definition) is 2. The maximum atomic E-state index is 13.0. The Labute approximate surface area is 259 Å². The summed E-state index contributed by atoms with van der Waals surface area (Å²) in [5.74, 6) is 0.816. The van der Waals surface area contributed by atoms with Gasteiger partial charge in [-0.25, -0.2) is 0 Å². The van der Waals surface area contributed by atoms with Gasteiger partial charge in [-0.1, -0.05) is 77.1 Å². The second-order valence-electron chi connectivity index (χ2n) is 16.7. The van der Waals surface area contributed by atoms with Gasteiger partial charge in [0.2, 0.25) is 0 Å². The number of rotatable bonds is 6. The van der Waals surface area contributed by atoms with Gasteiger partial charge in [0.15, 0.2) is 0 Å². The number of hydrogen-bond acceptors (Lipinski definition) is 2. The second-order valence-corrected chi connectivity index (χ2v) is 16.7. The third-order valence-corrected chi connectivity index (χ3v) is 15.0. The predicted octanol–water partition coefficient (Wildman–Crippen LogP) is 9.44. The van der Waals surface area contributed by atoms with Gasteiger partial charge in [-0.05, 0) is 139 Å². The van der Waals surface area contributed by atoms with Gasteiger partial charge in [0.25, 0.3) is 0 Å². The van der Waals surface area contributed by atoms with Crippen molar-refractivity contribution in [1.82, 2.24) is 0 Å². The van der Waals surface area contributed by atoms with E-state index in [1.807, 2.05) is 6.07 Å². The lowest BCUT2D eigenvalue weighted by Gasteiger charge is -2.72. The lowest BCUT2D eigenvalue weighted by Crippen LogP contribution is -2.65. The zero-order valence-electron chi connectivity index (χ0n) is 27.5. The molecule has 0 saturated heterocycles. The van der Waals surface area contributed by atoms with Gasteiger partial charge in [-0.2, -0.15) is 0 Å². The van der Waals surface area contributed by atoms with Crippen LogP contribution >= 0.6 is 0 Å². The third-order valence-electron chi connectivity index (χ3n) is 15.0. The van der Waals surface area contributed by atoms with Gasteiger partial charge in [0.1, 0.15) is 0 Å². The summed E-state index contributed by atoms with van der Waals surface area (Å²) >= 11 is 0. The summed E-state index contributed by atoms with van der Waals surface area (Å²) in [5, 5.41) is 20.0. The van der Waals surface area contributed by atoms with Crippen molar-refractivity contribution in [2.75, 3.05) is 0 Å². The normalized spacial score (nSPS) is 42.9. The van der Waals surface area contributed by atoms with E-state index in [-0.39, 0.29) is 34.0 Å². The zero-order chi connectivity index (χ0) is 31.2. The van der Waals surface area contributed by atoms with Crippen molar-refractivity contribution in [3.8, 4) is 0 Å². The molecule has 6 rings (SSSR count). The molecule has 4 nitrogen and oxygen atoms in total. The van der Waals surface area contributed by atoms with Crippen molar-refractivity contribution in [2.45, 2.75) is 112 Å². The van der Waals surface area contributed by atoms with Crippen molar-refractivity contribution in [2.24, 2.45) is 56.7 Å². The maximum Gasteiger partial charge on any atom is 0.309 e. The molecule has 0 radical (unpaired) electrons. The smallest absolute Gasteiger partial charge is 0.309 e. The van der Waals surface area contributed by atoms with Crippen molar-refractivity contribution < 1.29 is 19.8 Å². The summed E-state index contributed by atoms with van der Waals surface area (Å²) in [7, 11) is 0. The van der Waals surface area contributed by atoms with Crippen molar-refractivity contribution in [3.63, 3.8) is 0 Å². The molecule has 0 heterocycles. The van der Waals surface area contributed by atoms with Gasteiger partial charge < -0.3 is 10.2 Å². The number of allylic oxidation sites excluding steroid dienone is 3. The summed E-state index contributed by atoms with van der Waals surface area (Å²) in [6.45, 7) is 19.2. The van der Waals surface area contributed by atoms with E-state index in [2.05, 4.69) is 72.4 Å². The highest BCUT2D eigenvalue weighted by Crippen LogP contribution is 2.77. The van der Waals surface area contributed by atoms with Gasteiger partial charge >= 0.3 is 11.9 Å². The van der Waals surface area contributed by atoms with Crippen molar-refractivity contribution in [3.05, 3.63) is 53.6 Å². The Balaban J connectivity index is 1.37. The maximum absolute atomic E-state index is 13.0. The van der Waals surface area contributed by atoms with Crippen LogP contribution in [0.5, 0.6) is 0 Å². The fourth-order valence-corrected chi connectivity index (χ4v) is 12.8. The van der Waals surface area contributed by atoms with Crippen LogP contribution in [0.2, 0.25) is 0 Å². The molecule has 0 amide bonds. The average Bonchev–Trinajstić information content (AvgIpc) is 3.34. The van der Waals surface area contributed by atoms with E-state index in [4.69, 9.17) is 0 Å². The van der Waals surface area contributed by atoms with E-state index in [1.54, 1.807) is 0 Å². The fourth-order valence-electron chi connectivity index (χ4n) is 12.8. The lowest BCUT2D eigenvalue weighted by molar-refractivity contribution is -0.227. The van der Waals surface area contributed by atoms with Gasteiger partial charge in [0.05, 0.1) is 5.41 Å². The van der Waals surface area contributed by atoms with Crippen LogP contribution in [0.4, 0.5) is 0 Å². The Kier molecular flexibility index (Phi) is 7.18. The molecule has 0 aromatic heterocycles. The third kappa shape index (κ3) is 4.13. The number of carbonyl (C=O) groups is 2. The molecule has 43 heavy (non-hydrogen) atoms. The molecular formula is C39H54O4. The molecule has 1 aromatic carbocycles. The minimum Gasteiger partial charge on any atom is -0.481 e. The first-order chi connectivity index (χ1) is 20.1. The molecule has 234 valence electrons. The minimum atomic E-state index is -0.745. The van der Waals surface area contributed by atoms with E-state index in [0.717, 1.165) is 44.1 Å². The summed E-state index contributed by atoms with van der Waals surface area (Å²) in [4.78, 5) is 24.4. The topological polar surface area (TPSA) is 74.6 Å². The average molecular weight is 587 g/mol. The van der Waals surface area contributed by atoms with E-state index in [0.29, 0.717) is 30.1 Å². The summed E-state index contributed by atoms with van der Waals surface area (Å²) < 4.78 is 0. The van der Waals surface area contributed by atoms with Crippen molar-refractivity contribution >= 4 is 17.5 Å². The molecule has 9 atom stereocenters. The van der Waals surface area contributed by atoms with Crippen LogP contribution < -0.4 is 0 Å². The highest BCUT2D eigenvalue weighted by atomic mass is 16.4. The fraction of sp³-hybridized carbons (Fsp3) is 0.692. The van der Waals surface area contributed by atoms with Crippen LogP contribution in [-0.4, -0.2) is 22.2 Å². The van der Waals surface area contributed by atoms with Crippen LogP contribution in [0.3, 0.4) is 0 Å². The van der Waals surface area contributed by atoms with Gasteiger partial charge in [-0.15, -0.1) is 0 Å². The van der Waals surface area contributed by atoms with Crippen LogP contribution in [0.25, 0.3) is 5.57 Å². The number of benzene rings is 1. The van der Waals surface area contributed by atoms with Gasteiger partial charge in [-0.3, -0.25) is 9.59 Å². The van der Waals surface area contributed by atoms with Crippen molar-refractivity contribution in [1.29, 1.82) is 0 Å². The van der Waals surface area contributed by atoms with E-state index in [1.165, 1.54) is 36.0 Å². The molecule has 4 heteroatoms. The molecule has 0 unspecified atom stereocenters. The first-order valence-corrected chi connectivity index (χ1v) is 17.0. The van der Waals surface area contributed by atoms with Crippen LogP contribution in [0, 0.1) is 56.7 Å². The summed E-state index contributed by atoms with van der Waals surface area (Å²) in [6, 6.07) is 8.47. The molecular weight excluding hydrogens is 532 g/mol. The molecule has 4 fully saturated rings. The standard InChI is InChI=1S/C39H54O4/c1-24(2)26-16-21-39(34(42)43)23-22-37(6)29(33(26)39)13-14-31-36(5)19-17-28(35(3,4)30(36)18-20-38(31,37)7)27-11-9-8-10-25(27)12-15-32(40)41/h8-11,17,26,29-31,33H,1,12-16,18-23H2,2-7H3,(H,40,41)(H,42,43)/t26-,29+,30-,31+,33+,36-,37+,38+,39-/m0/s1. The molecule has 0 spiro atoms. The van der Waals surface area contributed by atoms with E-state index in [9.17, 15) is 19.8 Å². The summed E-state index contributed by atoms with van der Waals surface area (Å²) in [5.41, 5.74) is 4.86. The molecule has 2 N–H and O–H groups in total. The first-order valence-electron chi connectivity index (χ1n) is 17.0. The summed E-state index contributed by atoms with van der Waals surface area (Å²) in [6.07, 6.45) is 12.6. The van der Waals surface area contributed by atoms with Crippen LogP contribution in [-0.2, 0) is 16.0 Å². The number of aliphatic carboxylic acids is 2. The largest absolute Gasteiger partial charge is 0.481 e. The molecule has 5 aliphatic carbocycles. The molecule has 4 saturated carbocycles. The van der Waals surface area contributed by atoms with E-state index >= 15 is 0 Å². The lowest BCUT2D eigenvalue weighted by atomic mass is 9.32. The first kappa shape index (κ1) is 30.7. The zero-order valence-corrected chi connectivity index (χ0v) is 27.5. The van der Waals surface area contributed by atoms with Crippen LogP contribution in [0.1, 0.15) is 117 Å². The number of fused-ring (bicyclic) bond motifs is 7. The molecule has 5 aliphatic rings. The Morgan fingerprint density at radius 3 is 2.28 bits per heavy atom. The van der Waals surface area contributed by atoms with Gasteiger partial charge in [0, 0.05) is 6.42 Å². The Morgan fingerprint density at radius 2 is 1.60 bits per heavy atom. The monoisotopic (exact) mass is 586 g/mol. The molecule has 0 aliphatic heterocycles. The second kappa shape index (κ2) is 10.1. The SMILES string of the molecule is C=C(C)[C@@H]1CC[C@]2(C(=O)O)CC[C@]3(C)[C@H](CC[C@@H]4[C@@]5(C)CC=C(c6ccccc6CCC(=O)O)C(C)(C)[C@@H]5CC[C@]43C)[C@@H]12. The minimum absolute atomic E-state index is 0.0209. The van der Waals surface area contributed by atoms with E-state index < -0.39 is 17.4 Å². The highest BCUT2D eigenvalue weighted by Gasteiger charge is 2.71. The highest BCUT2D eigenvalue weighted by molar-refractivity contribution is 5.76. The Bertz CT molecular complexity index is 1370. The Hall–Kier alpha value is -2.36.